The van der Waals surface area contributed by atoms with E-state index in [9.17, 15) is 14.4 Å². The van der Waals surface area contributed by atoms with Crippen molar-refractivity contribution < 1.29 is 19.1 Å². The highest BCUT2D eigenvalue weighted by molar-refractivity contribution is 5.94. The van der Waals surface area contributed by atoms with Crippen molar-refractivity contribution in [2.24, 2.45) is 0 Å². The van der Waals surface area contributed by atoms with E-state index in [2.05, 4.69) is 17.2 Å². The minimum atomic E-state index is -0.569. The summed E-state index contributed by atoms with van der Waals surface area (Å²) in [5, 5.41) is 4.98. The minimum Gasteiger partial charge on any atom is -0.460 e. The van der Waals surface area contributed by atoms with Gasteiger partial charge in [0.25, 0.3) is 0 Å². The zero-order chi connectivity index (χ0) is 14.0. The molecule has 0 aromatic carbocycles. The standard InChI is InChI=1S/C12H18N2O4/c1-4-10(15)13-7-8-14-11(16)5-6-12(17)18-9(2)3/h4-6,9H,1,7-8H2,2-3H3,(H,13,15)(H,14,16)/b6-5+. The van der Waals surface area contributed by atoms with Crippen molar-refractivity contribution in [3.8, 4) is 0 Å². The highest BCUT2D eigenvalue weighted by Gasteiger charge is 2.01. The highest BCUT2D eigenvalue weighted by Crippen LogP contribution is 1.89. The topological polar surface area (TPSA) is 84.5 Å². The largest absolute Gasteiger partial charge is 0.460 e. The van der Waals surface area contributed by atoms with Crippen LogP contribution in [0.1, 0.15) is 13.8 Å². The molecule has 0 spiro atoms. The number of carbonyl (C=O) groups is 3. The molecule has 0 aliphatic carbocycles. The number of rotatable bonds is 7. The fraction of sp³-hybridized carbons (Fsp3) is 0.417. The molecule has 0 bridgehead atoms. The van der Waals surface area contributed by atoms with Crippen LogP contribution in [0.4, 0.5) is 0 Å². The Hall–Kier alpha value is -2.11. The Labute approximate surface area is 106 Å². The third-order valence-electron chi connectivity index (χ3n) is 1.63. The van der Waals surface area contributed by atoms with E-state index in [0.29, 0.717) is 6.54 Å². The van der Waals surface area contributed by atoms with E-state index in [1.807, 2.05) is 0 Å². The molecule has 0 heterocycles. The van der Waals surface area contributed by atoms with E-state index in [1.165, 1.54) is 0 Å². The zero-order valence-corrected chi connectivity index (χ0v) is 10.6. The molecule has 2 amide bonds. The molecule has 0 saturated carbocycles. The average Bonchev–Trinajstić information content (AvgIpc) is 2.30. The number of carbonyl (C=O) groups excluding carboxylic acids is 3. The molecule has 0 fully saturated rings. The minimum absolute atomic E-state index is 0.223. The van der Waals surface area contributed by atoms with Gasteiger partial charge >= 0.3 is 5.97 Å². The molecule has 0 saturated heterocycles. The maximum absolute atomic E-state index is 11.2. The number of ether oxygens (including phenoxy) is 1. The molecular weight excluding hydrogens is 236 g/mol. The Kier molecular flexibility index (Phi) is 7.92. The summed E-state index contributed by atoms with van der Waals surface area (Å²) in [6.45, 7) is 7.28. The van der Waals surface area contributed by atoms with Crippen LogP contribution in [0.5, 0.6) is 0 Å². The van der Waals surface area contributed by atoms with Gasteiger partial charge in [-0.15, -0.1) is 0 Å². The van der Waals surface area contributed by atoms with Crippen LogP contribution in [0.15, 0.2) is 24.8 Å². The second-order valence-electron chi connectivity index (χ2n) is 3.61. The van der Waals surface area contributed by atoms with Gasteiger partial charge in [0.1, 0.15) is 0 Å². The Morgan fingerprint density at radius 1 is 1.11 bits per heavy atom. The van der Waals surface area contributed by atoms with Crippen LogP contribution >= 0.6 is 0 Å². The molecule has 0 unspecified atom stereocenters. The predicted molar refractivity (Wildman–Crippen MR) is 66.6 cm³/mol. The van der Waals surface area contributed by atoms with Crippen LogP contribution in [-0.4, -0.2) is 37.0 Å². The summed E-state index contributed by atoms with van der Waals surface area (Å²) < 4.78 is 4.80. The molecule has 0 aromatic rings. The fourth-order valence-electron chi connectivity index (χ4n) is 0.918. The molecule has 0 aliphatic rings. The fourth-order valence-corrected chi connectivity index (χ4v) is 0.918. The Bertz CT molecular complexity index is 348. The molecule has 0 rings (SSSR count). The van der Waals surface area contributed by atoms with E-state index in [1.54, 1.807) is 13.8 Å². The van der Waals surface area contributed by atoms with Crippen LogP contribution in [0.25, 0.3) is 0 Å². The summed E-state index contributed by atoms with van der Waals surface area (Å²) in [6.07, 6.45) is 3.06. The van der Waals surface area contributed by atoms with Gasteiger partial charge in [-0.25, -0.2) is 4.79 Å². The summed E-state index contributed by atoms with van der Waals surface area (Å²) in [5.74, 6) is -1.30. The molecular formula is C12H18N2O4. The number of hydrogen-bond donors (Lipinski definition) is 2. The average molecular weight is 254 g/mol. The number of nitrogens with one attached hydrogen (secondary N) is 2. The van der Waals surface area contributed by atoms with Gasteiger partial charge in [-0.3, -0.25) is 9.59 Å². The van der Waals surface area contributed by atoms with Crippen molar-refractivity contribution in [3.05, 3.63) is 24.8 Å². The smallest absolute Gasteiger partial charge is 0.331 e. The van der Waals surface area contributed by atoms with Crippen molar-refractivity contribution in [1.82, 2.24) is 10.6 Å². The maximum atomic E-state index is 11.2. The van der Waals surface area contributed by atoms with Gasteiger partial charge in [0.15, 0.2) is 0 Å². The van der Waals surface area contributed by atoms with Crippen LogP contribution in [-0.2, 0) is 19.1 Å². The molecule has 0 atom stereocenters. The summed E-state index contributed by atoms with van der Waals surface area (Å²) in [4.78, 5) is 33.0. The van der Waals surface area contributed by atoms with Gasteiger partial charge in [-0.2, -0.15) is 0 Å². The first kappa shape index (κ1) is 15.9. The SMILES string of the molecule is C=CC(=O)NCCNC(=O)/C=C/C(=O)OC(C)C. The van der Waals surface area contributed by atoms with Gasteiger partial charge in [0.2, 0.25) is 11.8 Å². The summed E-state index contributed by atoms with van der Waals surface area (Å²) in [5.41, 5.74) is 0. The predicted octanol–water partition coefficient (Wildman–Crippen LogP) is -0.0874. The third kappa shape index (κ3) is 9.14. The van der Waals surface area contributed by atoms with E-state index >= 15 is 0 Å². The van der Waals surface area contributed by atoms with Crippen molar-refractivity contribution in [3.63, 3.8) is 0 Å². The van der Waals surface area contributed by atoms with Gasteiger partial charge in [-0.05, 0) is 19.9 Å². The normalized spacial score (nSPS) is 10.2. The second-order valence-corrected chi connectivity index (χ2v) is 3.61. The van der Waals surface area contributed by atoms with Gasteiger partial charge in [0, 0.05) is 25.2 Å². The van der Waals surface area contributed by atoms with Crippen molar-refractivity contribution >= 4 is 17.8 Å². The molecule has 18 heavy (non-hydrogen) atoms. The lowest BCUT2D eigenvalue weighted by Crippen LogP contribution is -2.33. The van der Waals surface area contributed by atoms with Crippen LogP contribution in [0.2, 0.25) is 0 Å². The Morgan fingerprint density at radius 2 is 1.67 bits per heavy atom. The van der Waals surface area contributed by atoms with Crippen LogP contribution < -0.4 is 10.6 Å². The summed E-state index contributed by atoms with van der Waals surface area (Å²) in [7, 11) is 0. The third-order valence-corrected chi connectivity index (χ3v) is 1.63. The zero-order valence-electron chi connectivity index (χ0n) is 10.6. The molecule has 0 aliphatic heterocycles. The van der Waals surface area contributed by atoms with Crippen LogP contribution in [0, 0.1) is 0 Å². The molecule has 0 radical (unpaired) electrons. The number of amides is 2. The van der Waals surface area contributed by atoms with E-state index in [-0.39, 0.29) is 18.6 Å². The van der Waals surface area contributed by atoms with E-state index < -0.39 is 11.9 Å². The lowest BCUT2D eigenvalue weighted by molar-refractivity contribution is -0.141. The summed E-state index contributed by atoms with van der Waals surface area (Å²) >= 11 is 0. The molecule has 6 heteroatoms. The number of hydrogen-bond acceptors (Lipinski definition) is 4. The Balaban J connectivity index is 3.77. The van der Waals surface area contributed by atoms with Gasteiger partial charge < -0.3 is 15.4 Å². The highest BCUT2D eigenvalue weighted by atomic mass is 16.5. The number of esters is 1. The summed E-state index contributed by atoms with van der Waals surface area (Å²) in [6, 6.07) is 0. The van der Waals surface area contributed by atoms with Crippen molar-refractivity contribution in [2.45, 2.75) is 20.0 Å². The second kappa shape index (κ2) is 8.98. The Morgan fingerprint density at radius 3 is 2.17 bits per heavy atom. The first-order valence-corrected chi connectivity index (χ1v) is 5.52. The van der Waals surface area contributed by atoms with Crippen molar-refractivity contribution in [1.29, 1.82) is 0 Å². The molecule has 100 valence electrons. The maximum Gasteiger partial charge on any atom is 0.331 e. The lowest BCUT2D eigenvalue weighted by Gasteiger charge is -2.04. The molecule has 2 N–H and O–H groups in total. The molecule has 6 nitrogen and oxygen atoms in total. The first-order chi connectivity index (χ1) is 8.45. The quantitative estimate of drug-likeness (QED) is 0.378. The van der Waals surface area contributed by atoms with Crippen LogP contribution in [0.3, 0.4) is 0 Å². The van der Waals surface area contributed by atoms with E-state index in [4.69, 9.17) is 4.74 Å². The van der Waals surface area contributed by atoms with Gasteiger partial charge in [-0.1, -0.05) is 6.58 Å². The monoisotopic (exact) mass is 254 g/mol. The first-order valence-electron chi connectivity index (χ1n) is 5.52. The molecule has 0 aromatic heterocycles. The van der Waals surface area contributed by atoms with Gasteiger partial charge in [0.05, 0.1) is 6.10 Å². The van der Waals surface area contributed by atoms with E-state index in [0.717, 1.165) is 18.2 Å². The lowest BCUT2D eigenvalue weighted by atomic mass is 10.4. The van der Waals surface area contributed by atoms with Crippen molar-refractivity contribution in [2.75, 3.05) is 13.1 Å².